The maximum atomic E-state index is 11.9. The molecule has 0 saturated carbocycles. The van der Waals surface area contributed by atoms with Crippen molar-refractivity contribution in [1.29, 1.82) is 0 Å². The van der Waals surface area contributed by atoms with Crippen LogP contribution in [0, 0.1) is 0 Å². The van der Waals surface area contributed by atoms with E-state index in [0.29, 0.717) is 18.5 Å². The van der Waals surface area contributed by atoms with Crippen LogP contribution in [0.4, 0.5) is 0 Å². The zero-order chi connectivity index (χ0) is 10.8. The Labute approximate surface area is 87.8 Å². The summed E-state index contributed by atoms with van der Waals surface area (Å²) in [5.41, 5.74) is 0.533. The monoisotopic (exact) mass is 207 g/mol. The van der Waals surface area contributed by atoms with E-state index >= 15 is 0 Å². The van der Waals surface area contributed by atoms with Gasteiger partial charge in [-0.2, -0.15) is 0 Å². The molecule has 0 aliphatic carbocycles. The van der Waals surface area contributed by atoms with Crippen molar-refractivity contribution in [2.75, 3.05) is 6.54 Å². The lowest BCUT2D eigenvalue weighted by Gasteiger charge is -2.21. The molecule has 2 N–H and O–H groups in total. The van der Waals surface area contributed by atoms with Gasteiger partial charge < -0.3 is 15.1 Å². The van der Waals surface area contributed by atoms with Crippen LogP contribution in [0.2, 0.25) is 0 Å². The van der Waals surface area contributed by atoms with Crippen molar-refractivity contribution >= 4 is 5.91 Å². The van der Waals surface area contributed by atoms with Crippen LogP contribution in [0.3, 0.4) is 0 Å². The van der Waals surface area contributed by atoms with Crippen molar-refractivity contribution < 1.29 is 15.0 Å². The number of likely N-dealkylation sites (tertiary alicyclic amines) is 1. The smallest absolute Gasteiger partial charge is 0.255 e. The quantitative estimate of drug-likeness (QED) is 0.692. The molecule has 0 aromatic heterocycles. The topological polar surface area (TPSA) is 60.8 Å². The van der Waals surface area contributed by atoms with E-state index in [-0.39, 0.29) is 5.91 Å². The number of benzene rings is 1. The number of carbonyl (C=O) groups excluding carboxylic acids is 1. The average molecular weight is 207 g/mol. The molecule has 2 atom stereocenters. The molecule has 1 fully saturated rings. The fourth-order valence-electron chi connectivity index (χ4n) is 1.73. The van der Waals surface area contributed by atoms with Crippen LogP contribution in [0.5, 0.6) is 0 Å². The molecule has 1 heterocycles. The first-order valence-electron chi connectivity index (χ1n) is 4.92. The number of nitrogens with zero attached hydrogens (tertiary/aromatic N) is 1. The molecule has 15 heavy (non-hydrogen) atoms. The van der Waals surface area contributed by atoms with Crippen LogP contribution in [0.25, 0.3) is 0 Å². The van der Waals surface area contributed by atoms with E-state index in [0.717, 1.165) is 0 Å². The molecule has 4 nitrogen and oxygen atoms in total. The van der Waals surface area contributed by atoms with Crippen molar-refractivity contribution in [3.05, 3.63) is 35.9 Å². The van der Waals surface area contributed by atoms with Gasteiger partial charge >= 0.3 is 0 Å². The lowest BCUT2D eigenvalue weighted by Crippen LogP contribution is -2.39. The van der Waals surface area contributed by atoms with Gasteiger partial charge in [-0.3, -0.25) is 4.79 Å². The minimum absolute atomic E-state index is 0.236. The molecular weight excluding hydrogens is 194 g/mol. The van der Waals surface area contributed by atoms with Crippen molar-refractivity contribution in [1.82, 2.24) is 4.90 Å². The van der Waals surface area contributed by atoms with Gasteiger partial charge in [-0.25, -0.2) is 0 Å². The summed E-state index contributed by atoms with van der Waals surface area (Å²) in [6.07, 6.45) is -1.46. The minimum Gasteiger partial charge on any atom is -0.388 e. The van der Waals surface area contributed by atoms with Gasteiger partial charge in [0.25, 0.3) is 5.91 Å². The molecule has 0 spiro atoms. The molecule has 0 unspecified atom stereocenters. The first kappa shape index (κ1) is 10.1. The zero-order valence-corrected chi connectivity index (χ0v) is 8.21. The summed E-state index contributed by atoms with van der Waals surface area (Å²) in [5, 5.41) is 18.9. The largest absolute Gasteiger partial charge is 0.388 e. The predicted molar refractivity (Wildman–Crippen MR) is 54.1 cm³/mol. The van der Waals surface area contributed by atoms with Crippen molar-refractivity contribution in [3.63, 3.8) is 0 Å². The summed E-state index contributed by atoms with van der Waals surface area (Å²) >= 11 is 0. The fourth-order valence-corrected chi connectivity index (χ4v) is 1.73. The van der Waals surface area contributed by atoms with E-state index in [4.69, 9.17) is 0 Å². The second-order valence-corrected chi connectivity index (χ2v) is 3.63. The van der Waals surface area contributed by atoms with E-state index in [1.165, 1.54) is 4.90 Å². The van der Waals surface area contributed by atoms with Gasteiger partial charge in [0.15, 0.2) is 6.23 Å². The standard InChI is InChI=1S/C11H13NO3/c13-9-6-7-12(11(9)15)10(14)8-4-2-1-3-5-8/h1-5,9,11,13,15H,6-7H2/t9-,11-/m1/s1. The minimum atomic E-state index is -1.07. The zero-order valence-electron chi connectivity index (χ0n) is 8.21. The van der Waals surface area contributed by atoms with E-state index < -0.39 is 12.3 Å². The highest BCUT2D eigenvalue weighted by Crippen LogP contribution is 2.18. The van der Waals surface area contributed by atoms with Crippen LogP contribution < -0.4 is 0 Å². The summed E-state index contributed by atoms with van der Waals surface area (Å²) < 4.78 is 0. The third-order valence-electron chi connectivity index (χ3n) is 2.61. The van der Waals surface area contributed by atoms with Crippen molar-refractivity contribution in [2.45, 2.75) is 18.8 Å². The van der Waals surface area contributed by atoms with Crippen LogP contribution in [-0.2, 0) is 0 Å². The lowest BCUT2D eigenvalue weighted by molar-refractivity contribution is -0.0261. The summed E-state index contributed by atoms with van der Waals surface area (Å²) in [6, 6.07) is 8.75. The number of aliphatic hydroxyl groups is 2. The first-order valence-corrected chi connectivity index (χ1v) is 4.92. The maximum absolute atomic E-state index is 11.9. The number of amides is 1. The van der Waals surface area contributed by atoms with Crippen molar-refractivity contribution in [2.24, 2.45) is 0 Å². The number of rotatable bonds is 1. The molecular formula is C11H13NO3. The Morgan fingerprint density at radius 3 is 2.47 bits per heavy atom. The summed E-state index contributed by atoms with van der Waals surface area (Å²) in [5.74, 6) is -0.236. The molecule has 1 aliphatic rings. The Morgan fingerprint density at radius 1 is 1.27 bits per heavy atom. The Balaban J connectivity index is 2.16. The highest BCUT2D eigenvalue weighted by atomic mass is 16.3. The van der Waals surface area contributed by atoms with Gasteiger partial charge in [-0.1, -0.05) is 18.2 Å². The molecule has 1 saturated heterocycles. The molecule has 1 aromatic carbocycles. The predicted octanol–water partition coefficient (Wildman–Crippen LogP) is 0.212. The number of hydrogen-bond donors (Lipinski definition) is 2. The van der Waals surface area contributed by atoms with Gasteiger partial charge in [0.1, 0.15) is 6.10 Å². The third kappa shape index (κ3) is 1.86. The Kier molecular flexibility index (Phi) is 2.70. The summed E-state index contributed by atoms with van der Waals surface area (Å²) in [6.45, 7) is 0.399. The normalized spacial score (nSPS) is 25.6. The third-order valence-corrected chi connectivity index (χ3v) is 2.61. The lowest BCUT2D eigenvalue weighted by atomic mass is 10.2. The van der Waals surface area contributed by atoms with Gasteiger partial charge in [-0.15, -0.1) is 0 Å². The van der Waals surface area contributed by atoms with Gasteiger partial charge in [-0.05, 0) is 18.6 Å². The van der Waals surface area contributed by atoms with E-state index in [1.807, 2.05) is 6.07 Å². The van der Waals surface area contributed by atoms with Crippen LogP contribution in [0.1, 0.15) is 16.8 Å². The van der Waals surface area contributed by atoms with Crippen LogP contribution >= 0.6 is 0 Å². The summed E-state index contributed by atoms with van der Waals surface area (Å²) in [7, 11) is 0. The van der Waals surface area contributed by atoms with Crippen molar-refractivity contribution in [3.8, 4) is 0 Å². The number of carbonyl (C=O) groups is 1. The first-order chi connectivity index (χ1) is 7.20. The SMILES string of the molecule is O=C(c1ccccc1)N1CC[C@@H](O)[C@H]1O. The maximum Gasteiger partial charge on any atom is 0.255 e. The second kappa shape index (κ2) is 4.00. The highest BCUT2D eigenvalue weighted by molar-refractivity contribution is 5.94. The Bertz CT molecular complexity index is 352. The second-order valence-electron chi connectivity index (χ2n) is 3.63. The van der Waals surface area contributed by atoms with Gasteiger partial charge in [0.2, 0.25) is 0 Å². The molecule has 4 heteroatoms. The fraction of sp³-hybridized carbons (Fsp3) is 0.364. The molecule has 80 valence electrons. The molecule has 1 aliphatic heterocycles. The summed E-state index contributed by atoms with van der Waals surface area (Å²) in [4.78, 5) is 13.1. The van der Waals surface area contributed by atoms with Gasteiger partial charge in [0.05, 0.1) is 0 Å². The van der Waals surface area contributed by atoms with E-state index in [1.54, 1.807) is 24.3 Å². The molecule has 0 radical (unpaired) electrons. The van der Waals surface area contributed by atoms with Crippen LogP contribution in [-0.4, -0.2) is 39.9 Å². The molecule has 2 rings (SSSR count). The van der Waals surface area contributed by atoms with Crippen LogP contribution in [0.15, 0.2) is 30.3 Å². The molecule has 0 bridgehead atoms. The van der Waals surface area contributed by atoms with E-state index in [9.17, 15) is 15.0 Å². The number of aliphatic hydroxyl groups excluding tert-OH is 2. The van der Waals surface area contributed by atoms with E-state index in [2.05, 4.69) is 0 Å². The van der Waals surface area contributed by atoms with Gasteiger partial charge in [0, 0.05) is 12.1 Å². The highest BCUT2D eigenvalue weighted by Gasteiger charge is 2.34. The average Bonchev–Trinajstić information content (AvgIpc) is 2.60. The number of hydrogen-bond acceptors (Lipinski definition) is 3. The Morgan fingerprint density at radius 2 is 1.93 bits per heavy atom. The Hall–Kier alpha value is -1.39. The molecule has 1 amide bonds. The molecule has 1 aromatic rings.